The number of ketones is 1. The van der Waals surface area contributed by atoms with Gasteiger partial charge in [-0.25, -0.2) is 13.2 Å². The van der Waals surface area contributed by atoms with Crippen molar-refractivity contribution in [1.82, 2.24) is 4.98 Å². The third-order valence-electron chi connectivity index (χ3n) is 2.38. The topological polar surface area (TPSA) is 30.0 Å². The Labute approximate surface area is 101 Å². The summed E-state index contributed by atoms with van der Waals surface area (Å²) in [5.41, 5.74) is -0.773. The molecule has 5 heteroatoms. The Hall–Kier alpha value is -2.17. The second-order valence-corrected chi connectivity index (χ2v) is 3.58. The van der Waals surface area contributed by atoms with Crippen molar-refractivity contribution in [2.45, 2.75) is 6.43 Å². The zero-order valence-corrected chi connectivity index (χ0v) is 9.11. The van der Waals surface area contributed by atoms with Crippen LogP contribution in [0.4, 0.5) is 13.2 Å². The highest BCUT2D eigenvalue weighted by atomic mass is 19.3. The van der Waals surface area contributed by atoms with Gasteiger partial charge in [0.25, 0.3) is 6.43 Å². The first kappa shape index (κ1) is 12.3. The van der Waals surface area contributed by atoms with E-state index in [0.717, 1.165) is 18.2 Å². The molecule has 92 valence electrons. The Bertz CT molecular complexity index is 570. The summed E-state index contributed by atoms with van der Waals surface area (Å²) in [6.45, 7) is 0. The fourth-order valence-corrected chi connectivity index (χ4v) is 1.49. The molecule has 0 fully saturated rings. The van der Waals surface area contributed by atoms with E-state index < -0.39 is 29.2 Å². The molecule has 0 amide bonds. The van der Waals surface area contributed by atoms with Crippen molar-refractivity contribution in [3.05, 3.63) is 65.2 Å². The largest absolute Gasteiger partial charge is 0.287 e. The van der Waals surface area contributed by atoms with Crippen LogP contribution in [0, 0.1) is 5.82 Å². The van der Waals surface area contributed by atoms with Crippen LogP contribution in [0.5, 0.6) is 0 Å². The molecular formula is C13H8F3NO. The summed E-state index contributed by atoms with van der Waals surface area (Å²) in [7, 11) is 0. The molecule has 0 atom stereocenters. The lowest BCUT2D eigenvalue weighted by molar-refractivity contribution is 0.103. The van der Waals surface area contributed by atoms with Crippen molar-refractivity contribution < 1.29 is 18.0 Å². The average Bonchev–Trinajstić information content (AvgIpc) is 2.39. The summed E-state index contributed by atoms with van der Waals surface area (Å²) in [5.74, 6) is -1.55. The first-order valence-corrected chi connectivity index (χ1v) is 5.13. The number of nitrogens with zero attached hydrogens (tertiary/aromatic N) is 1. The van der Waals surface area contributed by atoms with Crippen LogP contribution in [-0.2, 0) is 0 Å². The second-order valence-electron chi connectivity index (χ2n) is 3.58. The minimum absolute atomic E-state index is 0.0165. The van der Waals surface area contributed by atoms with Gasteiger partial charge in [-0.2, -0.15) is 0 Å². The van der Waals surface area contributed by atoms with Crippen LogP contribution in [0.25, 0.3) is 0 Å². The molecule has 0 unspecified atom stereocenters. The van der Waals surface area contributed by atoms with E-state index in [1.165, 1.54) is 12.3 Å². The molecular weight excluding hydrogens is 243 g/mol. The van der Waals surface area contributed by atoms with Gasteiger partial charge in [0.1, 0.15) is 11.5 Å². The number of carbonyl (C=O) groups excluding carboxylic acids is 1. The van der Waals surface area contributed by atoms with E-state index in [1.54, 1.807) is 12.1 Å². The third kappa shape index (κ3) is 2.40. The summed E-state index contributed by atoms with van der Waals surface area (Å²) in [6, 6.07) is 7.23. The Morgan fingerprint density at radius 2 is 1.94 bits per heavy atom. The molecule has 1 aromatic heterocycles. The maximum atomic E-state index is 13.5. The van der Waals surface area contributed by atoms with Gasteiger partial charge in [-0.3, -0.25) is 9.78 Å². The van der Waals surface area contributed by atoms with Crippen LogP contribution in [0.2, 0.25) is 0 Å². The van der Waals surface area contributed by atoms with Gasteiger partial charge >= 0.3 is 0 Å². The number of carbonyl (C=O) groups is 1. The van der Waals surface area contributed by atoms with E-state index in [0.29, 0.717) is 0 Å². The summed E-state index contributed by atoms with van der Waals surface area (Å²) >= 11 is 0. The molecule has 0 spiro atoms. The molecule has 18 heavy (non-hydrogen) atoms. The van der Waals surface area contributed by atoms with Crippen molar-refractivity contribution >= 4 is 5.78 Å². The van der Waals surface area contributed by atoms with Gasteiger partial charge in [0.15, 0.2) is 0 Å². The fourth-order valence-electron chi connectivity index (χ4n) is 1.49. The summed E-state index contributed by atoms with van der Waals surface area (Å²) < 4.78 is 38.5. The molecule has 0 N–H and O–H groups in total. The van der Waals surface area contributed by atoms with E-state index in [4.69, 9.17) is 0 Å². The van der Waals surface area contributed by atoms with Gasteiger partial charge in [-0.1, -0.05) is 12.1 Å². The number of alkyl halides is 2. The van der Waals surface area contributed by atoms with Gasteiger partial charge in [0, 0.05) is 11.8 Å². The van der Waals surface area contributed by atoms with Gasteiger partial charge in [0.2, 0.25) is 5.78 Å². The molecule has 0 bridgehead atoms. The third-order valence-corrected chi connectivity index (χ3v) is 2.38. The van der Waals surface area contributed by atoms with Crippen LogP contribution in [0.1, 0.15) is 28.0 Å². The molecule has 0 aliphatic rings. The lowest BCUT2D eigenvalue weighted by Gasteiger charge is -2.05. The highest BCUT2D eigenvalue weighted by Gasteiger charge is 2.18. The quantitative estimate of drug-likeness (QED) is 0.782. The first-order chi connectivity index (χ1) is 8.59. The van der Waals surface area contributed by atoms with Crippen LogP contribution >= 0.6 is 0 Å². The number of benzene rings is 1. The molecule has 1 heterocycles. The number of hydrogen-bond acceptors (Lipinski definition) is 2. The lowest BCUT2D eigenvalue weighted by atomic mass is 10.0. The molecule has 0 aliphatic heterocycles. The van der Waals surface area contributed by atoms with Crippen LogP contribution in [-0.4, -0.2) is 10.8 Å². The van der Waals surface area contributed by atoms with Crippen molar-refractivity contribution in [2.75, 3.05) is 0 Å². The van der Waals surface area contributed by atoms with Crippen LogP contribution in [0.3, 0.4) is 0 Å². The Balaban J connectivity index is 2.45. The lowest BCUT2D eigenvalue weighted by Crippen LogP contribution is -2.07. The van der Waals surface area contributed by atoms with Crippen LogP contribution in [0.15, 0.2) is 42.6 Å². The van der Waals surface area contributed by atoms with E-state index in [9.17, 15) is 18.0 Å². The maximum Gasteiger partial charge on any atom is 0.263 e. The molecule has 2 rings (SSSR count). The predicted octanol–water partition coefficient (Wildman–Crippen LogP) is 3.39. The minimum atomic E-state index is -2.75. The fraction of sp³-hybridized carbons (Fsp3) is 0.0769. The van der Waals surface area contributed by atoms with E-state index in [-0.39, 0.29) is 5.69 Å². The molecule has 0 aliphatic carbocycles. The minimum Gasteiger partial charge on any atom is -0.287 e. The normalized spacial score (nSPS) is 10.7. The smallest absolute Gasteiger partial charge is 0.263 e. The molecule has 0 saturated carbocycles. The summed E-state index contributed by atoms with van der Waals surface area (Å²) in [6.07, 6.45) is -1.37. The highest BCUT2D eigenvalue weighted by molar-refractivity contribution is 6.07. The number of halogens is 3. The van der Waals surface area contributed by atoms with Crippen molar-refractivity contribution in [3.63, 3.8) is 0 Å². The zero-order chi connectivity index (χ0) is 13.1. The zero-order valence-electron chi connectivity index (χ0n) is 9.11. The average molecular weight is 251 g/mol. The highest BCUT2D eigenvalue weighted by Crippen LogP contribution is 2.22. The number of rotatable bonds is 3. The predicted molar refractivity (Wildman–Crippen MR) is 59.0 cm³/mol. The van der Waals surface area contributed by atoms with Gasteiger partial charge in [-0.05, 0) is 24.3 Å². The van der Waals surface area contributed by atoms with Crippen molar-refractivity contribution in [1.29, 1.82) is 0 Å². The standard InChI is InChI=1S/C13H8F3NO/c14-10-5-4-8(13(15)16)7-9(10)12(18)11-3-1-2-6-17-11/h1-7,13H. The van der Waals surface area contributed by atoms with Gasteiger partial charge in [-0.15, -0.1) is 0 Å². The molecule has 0 radical (unpaired) electrons. The number of aromatic nitrogens is 1. The van der Waals surface area contributed by atoms with Crippen molar-refractivity contribution in [2.24, 2.45) is 0 Å². The van der Waals surface area contributed by atoms with Gasteiger partial charge in [0.05, 0.1) is 5.56 Å². The summed E-state index contributed by atoms with van der Waals surface area (Å²) in [4.78, 5) is 15.7. The van der Waals surface area contributed by atoms with Crippen molar-refractivity contribution in [3.8, 4) is 0 Å². The molecule has 2 aromatic rings. The Morgan fingerprint density at radius 1 is 1.17 bits per heavy atom. The van der Waals surface area contributed by atoms with Gasteiger partial charge < -0.3 is 0 Å². The number of pyridine rings is 1. The number of hydrogen-bond donors (Lipinski definition) is 0. The second kappa shape index (κ2) is 5.00. The Kier molecular flexibility index (Phi) is 3.41. The first-order valence-electron chi connectivity index (χ1n) is 5.13. The van der Waals surface area contributed by atoms with E-state index in [2.05, 4.69) is 4.98 Å². The molecule has 1 aromatic carbocycles. The maximum absolute atomic E-state index is 13.5. The van der Waals surface area contributed by atoms with E-state index in [1.807, 2.05) is 0 Å². The SMILES string of the molecule is O=C(c1ccccn1)c1cc(C(F)F)ccc1F. The Morgan fingerprint density at radius 3 is 2.56 bits per heavy atom. The summed E-state index contributed by atoms with van der Waals surface area (Å²) in [5, 5.41) is 0. The van der Waals surface area contributed by atoms with E-state index >= 15 is 0 Å². The molecule has 2 nitrogen and oxygen atoms in total. The van der Waals surface area contributed by atoms with Crippen LogP contribution < -0.4 is 0 Å². The molecule has 0 saturated heterocycles. The monoisotopic (exact) mass is 251 g/mol.